The summed E-state index contributed by atoms with van der Waals surface area (Å²) in [5, 5.41) is 6.98. The lowest BCUT2D eigenvalue weighted by atomic mass is 9.99. The molecule has 2 N–H and O–H groups in total. The van der Waals surface area contributed by atoms with E-state index in [1.807, 2.05) is 17.5 Å². The molecule has 23 heavy (non-hydrogen) atoms. The summed E-state index contributed by atoms with van der Waals surface area (Å²) >= 11 is 1.86. The molecule has 1 saturated heterocycles. The lowest BCUT2D eigenvalue weighted by Gasteiger charge is -2.35. The van der Waals surface area contributed by atoms with Crippen LogP contribution in [0.1, 0.15) is 16.5 Å². The van der Waals surface area contributed by atoms with E-state index in [9.17, 15) is 0 Å². The average molecular weight is 370 g/mol. The van der Waals surface area contributed by atoms with Gasteiger partial charge >= 0.3 is 0 Å². The van der Waals surface area contributed by atoms with Crippen molar-refractivity contribution in [1.29, 1.82) is 0 Å². The van der Waals surface area contributed by atoms with Crippen LogP contribution in [0.5, 0.6) is 0 Å². The highest BCUT2D eigenvalue weighted by molar-refractivity contribution is 7.10. The molecule has 1 fully saturated rings. The molecule has 1 atom stereocenters. The van der Waals surface area contributed by atoms with Gasteiger partial charge < -0.3 is 10.3 Å². The Labute approximate surface area is 152 Å². The van der Waals surface area contributed by atoms with Gasteiger partial charge in [-0.2, -0.15) is 0 Å². The van der Waals surface area contributed by atoms with Gasteiger partial charge in [-0.25, -0.2) is 0 Å². The number of nitrogens with one attached hydrogen (secondary N) is 2. The molecule has 0 aliphatic carbocycles. The molecular weight excluding hydrogens is 349 g/mol. The second-order valence-electron chi connectivity index (χ2n) is 5.49. The molecule has 6 heteroatoms. The lowest BCUT2D eigenvalue weighted by molar-refractivity contribution is 0.201. The monoisotopic (exact) mass is 369 g/mol. The van der Waals surface area contributed by atoms with Crippen molar-refractivity contribution in [3.63, 3.8) is 0 Å². The molecule has 124 valence electrons. The van der Waals surface area contributed by atoms with Crippen LogP contribution < -0.4 is 5.32 Å². The summed E-state index contributed by atoms with van der Waals surface area (Å²) in [6.07, 6.45) is 2.04. The number of piperazine rings is 1. The Morgan fingerprint density at radius 2 is 1.83 bits per heavy atom. The summed E-state index contributed by atoms with van der Waals surface area (Å²) in [7, 11) is 0. The Balaban J connectivity index is 0.000000960. The van der Waals surface area contributed by atoms with E-state index in [4.69, 9.17) is 0 Å². The predicted molar refractivity (Wildman–Crippen MR) is 103 cm³/mol. The summed E-state index contributed by atoms with van der Waals surface area (Å²) in [5.74, 6) is 0. The molecule has 3 nitrogen and oxygen atoms in total. The predicted octanol–water partition coefficient (Wildman–Crippen LogP) is 4.07. The Morgan fingerprint density at radius 1 is 1.00 bits per heavy atom. The van der Waals surface area contributed by atoms with Crippen LogP contribution in [0.15, 0.2) is 48.0 Å². The molecule has 0 radical (unpaired) electrons. The topological polar surface area (TPSA) is 31.1 Å². The Morgan fingerprint density at radius 3 is 2.57 bits per heavy atom. The highest BCUT2D eigenvalue weighted by Crippen LogP contribution is 2.35. The van der Waals surface area contributed by atoms with E-state index in [1.165, 1.54) is 21.3 Å². The van der Waals surface area contributed by atoms with Gasteiger partial charge in [0.2, 0.25) is 0 Å². The SMILES string of the molecule is Cl.Cl.c1csc([C@@H](c2cccc3[nH]ccc23)N2CCNCC2)c1. The minimum Gasteiger partial charge on any atom is -0.361 e. The van der Waals surface area contributed by atoms with Crippen LogP contribution in [-0.2, 0) is 0 Å². The van der Waals surface area contributed by atoms with Crippen LogP contribution in [0, 0.1) is 0 Å². The molecule has 1 aromatic carbocycles. The van der Waals surface area contributed by atoms with Gasteiger partial charge in [-0.3, -0.25) is 4.90 Å². The number of aromatic amines is 1. The number of aromatic nitrogens is 1. The summed E-state index contributed by atoms with van der Waals surface area (Å²) < 4.78 is 0. The zero-order chi connectivity index (χ0) is 14.1. The summed E-state index contributed by atoms with van der Waals surface area (Å²) in [5.41, 5.74) is 2.64. The standard InChI is InChI=1S/C17H19N3S.2ClH/c1-3-14(13-6-7-19-15(13)4-1)17(16-5-2-12-21-16)20-10-8-18-9-11-20;;/h1-7,12,17-19H,8-11H2;2*1H/t17-;;/m1../s1. The maximum Gasteiger partial charge on any atom is 0.0703 e. The molecule has 0 saturated carbocycles. The van der Waals surface area contributed by atoms with Crippen molar-refractivity contribution in [3.05, 3.63) is 58.4 Å². The van der Waals surface area contributed by atoms with Crippen molar-refractivity contribution in [2.24, 2.45) is 0 Å². The first-order valence-electron chi connectivity index (χ1n) is 7.47. The van der Waals surface area contributed by atoms with E-state index in [0.717, 1.165) is 26.2 Å². The molecule has 2 aromatic heterocycles. The van der Waals surface area contributed by atoms with Gasteiger partial charge in [0.05, 0.1) is 6.04 Å². The molecule has 1 aliphatic rings. The maximum atomic E-state index is 3.45. The second-order valence-corrected chi connectivity index (χ2v) is 6.47. The zero-order valence-corrected chi connectivity index (χ0v) is 15.1. The van der Waals surface area contributed by atoms with Gasteiger partial charge in [0.25, 0.3) is 0 Å². The minimum absolute atomic E-state index is 0. The average Bonchev–Trinajstić information content (AvgIpc) is 3.20. The number of benzene rings is 1. The fraction of sp³-hybridized carbons (Fsp3) is 0.294. The summed E-state index contributed by atoms with van der Waals surface area (Å²) in [6.45, 7) is 4.35. The first-order chi connectivity index (χ1) is 10.4. The third kappa shape index (κ3) is 3.57. The van der Waals surface area contributed by atoms with Gasteiger partial charge in [0, 0.05) is 48.2 Å². The Hall–Kier alpha value is -1.04. The first kappa shape index (κ1) is 18.3. The van der Waals surface area contributed by atoms with E-state index in [-0.39, 0.29) is 24.8 Å². The van der Waals surface area contributed by atoms with Crippen LogP contribution in [0.4, 0.5) is 0 Å². The van der Waals surface area contributed by atoms with Crippen LogP contribution in [0.25, 0.3) is 10.9 Å². The number of fused-ring (bicyclic) bond motifs is 1. The number of hydrogen-bond donors (Lipinski definition) is 2. The van der Waals surface area contributed by atoms with Crippen LogP contribution in [0.3, 0.4) is 0 Å². The lowest BCUT2D eigenvalue weighted by Crippen LogP contribution is -2.45. The first-order valence-corrected chi connectivity index (χ1v) is 8.35. The highest BCUT2D eigenvalue weighted by atomic mass is 35.5. The zero-order valence-electron chi connectivity index (χ0n) is 12.7. The number of halogens is 2. The molecule has 3 aromatic rings. The van der Waals surface area contributed by atoms with Gasteiger partial charge in [0.15, 0.2) is 0 Å². The van der Waals surface area contributed by atoms with E-state index in [2.05, 4.69) is 57.0 Å². The van der Waals surface area contributed by atoms with Crippen molar-refractivity contribution >= 4 is 47.1 Å². The van der Waals surface area contributed by atoms with Crippen LogP contribution >= 0.6 is 36.2 Å². The van der Waals surface area contributed by atoms with Crippen LogP contribution in [-0.4, -0.2) is 36.1 Å². The molecule has 3 heterocycles. The normalized spacial score (nSPS) is 16.5. The Bertz CT molecular complexity index is 720. The molecule has 4 rings (SSSR count). The van der Waals surface area contributed by atoms with Crippen LogP contribution in [0.2, 0.25) is 0 Å². The van der Waals surface area contributed by atoms with Gasteiger partial charge in [0.1, 0.15) is 0 Å². The number of thiophene rings is 1. The number of nitrogens with zero attached hydrogens (tertiary/aromatic N) is 1. The fourth-order valence-corrected chi connectivity index (χ4v) is 4.14. The number of rotatable bonds is 3. The molecular formula is C17H21Cl2N3S. The maximum absolute atomic E-state index is 3.45. The van der Waals surface area contributed by atoms with E-state index >= 15 is 0 Å². The third-order valence-electron chi connectivity index (χ3n) is 4.25. The summed E-state index contributed by atoms with van der Waals surface area (Å²) in [4.78, 5) is 7.37. The molecule has 0 unspecified atom stereocenters. The second kappa shape index (κ2) is 8.18. The van der Waals surface area contributed by atoms with E-state index in [0.29, 0.717) is 6.04 Å². The quantitative estimate of drug-likeness (QED) is 0.728. The molecule has 0 spiro atoms. The molecule has 0 amide bonds. The van der Waals surface area contributed by atoms with Crippen molar-refractivity contribution in [2.75, 3.05) is 26.2 Å². The van der Waals surface area contributed by atoms with Crippen molar-refractivity contribution in [3.8, 4) is 0 Å². The van der Waals surface area contributed by atoms with E-state index in [1.54, 1.807) is 0 Å². The molecule has 1 aliphatic heterocycles. The molecule has 0 bridgehead atoms. The third-order valence-corrected chi connectivity index (χ3v) is 5.18. The summed E-state index contributed by atoms with van der Waals surface area (Å²) in [6, 6.07) is 13.6. The van der Waals surface area contributed by atoms with Gasteiger partial charge in [-0.15, -0.1) is 36.2 Å². The van der Waals surface area contributed by atoms with Gasteiger partial charge in [-0.05, 0) is 29.1 Å². The van der Waals surface area contributed by atoms with Crippen molar-refractivity contribution in [1.82, 2.24) is 15.2 Å². The van der Waals surface area contributed by atoms with E-state index < -0.39 is 0 Å². The van der Waals surface area contributed by atoms with Crippen molar-refractivity contribution in [2.45, 2.75) is 6.04 Å². The number of H-pyrrole nitrogens is 1. The fourth-order valence-electron chi connectivity index (χ4n) is 3.27. The largest absolute Gasteiger partial charge is 0.361 e. The smallest absolute Gasteiger partial charge is 0.0703 e. The minimum atomic E-state index is 0. The highest BCUT2D eigenvalue weighted by Gasteiger charge is 2.26. The Kier molecular flexibility index (Phi) is 6.50. The van der Waals surface area contributed by atoms with Crippen molar-refractivity contribution < 1.29 is 0 Å². The van der Waals surface area contributed by atoms with Gasteiger partial charge in [-0.1, -0.05) is 18.2 Å². The number of hydrogen-bond acceptors (Lipinski definition) is 3.